The van der Waals surface area contributed by atoms with Gasteiger partial charge in [0, 0.05) is 23.7 Å². The maximum Gasteiger partial charge on any atom is 0.277 e. The van der Waals surface area contributed by atoms with Crippen LogP contribution in [0.4, 0.5) is 5.69 Å². The highest BCUT2D eigenvalue weighted by atomic mass is 32.2. The van der Waals surface area contributed by atoms with Crippen LogP contribution in [0.15, 0.2) is 35.4 Å². The molecule has 1 aromatic carbocycles. The molecule has 1 aliphatic rings. The van der Waals surface area contributed by atoms with Gasteiger partial charge in [0.2, 0.25) is 0 Å². The Morgan fingerprint density at radius 3 is 3.05 bits per heavy atom. The van der Waals surface area contributed by atoms with Crippen molar-refractivity contribution in [3.05, 3.63) is 36.2 Å². The first-order chi connectivity index (χ1) is 9.76. The summed E-state index contributed by atoms with van der Waals surface area (Å²) in [5.41, 5.74) is 1.10. The van der Waals surface area contributed by atoms with Gasteiger partial charge < -0.3 is 10.6 Å². The SMILES string of the molecule is CSc1cccc(NC(=O)c2cn(C3CNC3)nn2)c1. The summed E-state index contributed by atoms with van der Waals surface area (Å²) in [6.07, 6.45) is 3.69. The Morgan fingerprint density at radius 2 is 2.35 bits per heavy atom. The van der Waals surface area contributed by atoms with Gasteiger partial charge in [0.05, 0.1) is 12.2 Å². The number of rotatable bonds is 4. The van der Waals surface area contributed by atoms with E-state index in [2.05, 4.69) is 20.9 Å². The molecule has 0 spiro atoms. The van der Waals surface area contributed by atoms with Crippen molar-refractivity contribution in [3.63, 3.8) is 0 Å². The lowest BCUT2D eigenvalue weighted by Crippen LogP contribution is -2.43. The van der Waals surface area contributed by atoms with Gasteiger partial charge in [-0.25, -0.2) is 4.68 Å². The number of carbonyl (C=O) groups is 1. The van der Waals surface area contributed by atoms with Crippen LogP contribution in [0.25, 0.3) is 0 Å². The third-order valence-electron chi connectivity index (χ3n) is 3.20. The third kappa shape index (κ3) is 2.68. The molecule has 1 aliphatic heterocycles. The van der Waals surface area contributed by atoms with Gasteiger partial charge in [0.1, 0.15) is 0 Å². The molecule has 1 saturated heterocycles. The van der Waals surface area contributed by atoms with Crippen molar-refractivity contribution in [2.45, 2.75) is 10.9 Å². The van der Waals surface area contributed by atoms with E-state index in [0.29, 0.717) is 11.7 Å². The Morgan fingerprint density at radius 1 is 1.50 bits per heavy atom. The standard InChI is InChI=1S/C13H15N5OS/c1-20-11-4-2-3-9(5-11)15-13(19)12-8-18(17-16-12)10-6-14-7-10/h2-5,8,10,14H,6-7H2,1H3,(H,15,19). The molecule has 20 heavy (non-hydrogen) atoms. The van der Waals surface area contributed by atoms with Crippen molar-refractivity contribution in [3.8, 4) is 0 Å². The van der Waals surface area contributed by atoms with Crippen molar-refractivity contribution in [1.82, 2.24) is 20.3 Å². The highest BCUT2D eigenvalue weighted by Gasteiger charge is 2.21. The Kier molecular flexibility index (Phi) is 3.70. The zero-order chi connectivity index (χ0) is 13.9. The zero-order valence-electron chi connectivity index (χ0n) is 11.0. The van der Waals surface area contributed by atoms with Crippen molar-refractivity contribution in [1.29, 1.82) is 0 Å². The second-order valence-corrected chi connectivity index (χ2v) is 5.46. The predicted octanol–water partition coefficient (Wildman–Crippen LogP) is 1.40. The molecule has 0 aliphatic carbocycles. The van der Waals surface area contributed by atoms with Gasteiger partial charge >= 0.3 is 0 Å². The fourth-order valence-electron chi connectivity index (χ4n) is 1.92. The number of hydrogen-bond donors (Lipinski definition) is 2. The van der Waals surface area contributed by atoms with Crippen molar-refractivity contribution in [2.24, 2.45) is 0 Å². The van der Waals surface area contributed by atoms with E-state index in [9.17, 15) is 4.79 Å². The van der Waals surface area contributed by atoms with Gasteiger partial charge in [0.15, 0.2) is 5.69 Å². The Bertz CT molecular complexity index is 623. The lowest BCUT2D eigenvalue weighted by molar-refractivity contribution is 0.102. The molecule has 0 radical (unpaired) electrons. The van der Waals surface area contributed by atoms with Crippen molar-refractivity contribution < 1.29 is 4.79 Å². The first kappa shape index (κ1) is 13.1. The van der Waals surface area contributed by atoms with Crippen LogP contribution in [0.5, 0.6) is 0 Å². The largest absolute Gasteiger partial charge is 0.321 e. The first-order valence-electron chi connectivity index (χ1n) is 6.34. The van der Waals surface area contributed by atoms with Gasteiger partial charge in [-0.3, -0.25) is 4.79 Å². The van der Waals surface area contributed by atoms with Crippen LogP contribution in [0.2, 0.25) is 0 Å². The fourth-order valence-corrected chi connectivity index (χ4v) is 2.38. The van der Waals surface area contributed by atoms with Gasteiger partial charge in [0.25, 0.3) is 5.91 Å². The van der Waals surface area contributed by atoms with E-state index in [1.165, 1.54) is 0 Å². The number of amides is 1. The number of benzene rings is 1. The molecule has 2 heterocycles. The minimum Gasteiger partial charge on any atom is -0.321 e. The lowest BCUT2D eigenvalue weighted by Gasteiger charge is -2.26. The molecule has 2 aromatic rings. The summed E-state index contributed by atoms with van der Waals surface area (Å²) in [6.45, 7) is 1.75. The van der Waals surface area contributed by atoms with Crippen LogP contribution in [0.1, 0.15) is 16.5 Å². The minimum absolute atomic E-state index is 0.234. The van der Waals surface area contributed by atoms with Gasteiger partial charge in [-0.05, 0) is 24.5 Å². The second-order valence-electron chi connectivity index (χ2n) is 4.58. The van der Waals surface area contributed by atoms with E-state index in [1.807, 2.05) is 30.5 Å². The summed E-state index contributed by atoms with van der Waals surface area (Å²) >= 11 is 1.63. The normalized spacial score (nSPS) is 14.8. The summed E-state index contributed by atoms with van der Waals surface area (Å²) in [7, 11) is 0. The van der Waals surface area contributed by atoms with E-state index in [4.69, 9.17) is 0 Å². The number of thioether (sulfide) groups is 1. The van der Waals surface area contributed by atoms with Crippen LogP contribution >= 0.6 is 11.8 Å². The Balaban J connectivity index is 1.70. The van der Waals surface area contributed by atoms with Crippen LogP contribution in [-0.2, 0) is 0 Å². The maximum absolute atomic E-state index is 12.1. The highest BCUT2D eigenvalue weighted by Crippen LogP contribution is 2.19. The first-order valence-corrected chi connectivity index (χ1v) is 7.56. The molecular weight excluding hydrogens is 274 g/mol. The predicted molar refractivity (Wildman–Crippen MR) is 78.1 cm³/mol. The van der Waals surface area contributed by atoms with Gasteiger partial charge in [-0.1, -0.05) is 11.3 Å². The van der Waals surface area contributed by atoms with Gasteiger partial charge in [-0.2, -0.15) is 0 Å². The molecule has 7 heteroatoms. The summed E-state index contributed by atoms with van der Waals surface area (Å²) in [5, 5.41) is 13.9. The summed E-state index contributed by atoms with van der Waals surface area (Å²) in [5.74, 6) is -0.234. The molecule has 0 unspecified atom stereocenters. The average Bonchev–Trinajstić information content (AvgIpc) is 2.86. The quantitative estimate of drug-likeness (QED) is 0.832. The van der Waals surface area contributed by atoms with Crippen molar-refractivity contribution >= 4 is 23.4 Å². The number of carbonyl (C=O) groups excluding carboxylic acids is 1. The van der Waals surface area contributed by atoms with E-state index in [1.54, 1.807) is 22.6 Å². The monoisotopic (exact) mass is 289 g/mol. The zero-order valence-corrected chi connectivity index (χ0v) is 11.9. The maximum atomic E-state index is 12.1. The molecule has 0 bridgehead atoms. The molecule has 1 amide bonds. The van der Waals surface area contributed by atoms with E-state index in [-0.39, 0.29) is 5.91 Å². The number of nitrogens with zero attached hydrogens (tertiary/aromatic N) is 3. The lowest BCUT2D eigenvalue weighted by atomic mass is 10.2. The molecule has 104 valence electrons. The second kappa shape index (κ2) is 5.64. The van der Waals surface area contributed by atoms with E-state index < -0.39 is 0 Å². The smallest absolute Gasteiger partial charge is 0.277 e. The number of anilines is 1. The molecule has 1 fully saturated rings. The highest BCUT2D eigenvalue weighted by molar-refractivity contribution is 7.98. The molecule has 2 N–H and O–H groups in total. The summed E-state index contributed by atoms with van der Waals surface area (Å²) in [4.78, 5) is 13.2. The topological polar surface area (TPSA) is 71.8 Å². The summed E-state index contributed by atoms with van der Waals surface area (Å²) < 4.78 is 1.74. The third-order valence-corrected chi connectivity index (χ3v) is 3.93. The molecule has 1 aromatic heterocycles. The molecule has 3 rings (SSSR count). The number of aromatic nitrogens is 3. The molecule has 0 atom stereocenters. The molecule has 6 nitrogen and oxygen atoms in total. The molecule has 0 saturated carbocycles. The van der Waals surface area contributed by atoms with Crippen LogP contribution in [0, 0.1) is 0 Å². The van der Waals surface area contributed by atoms with E-state index in [0.717, 1.165) is 23.7 Å². The fraction of sp³-hybridized carbons (Fsp3) is 0.308. The van der Waals surface area contributed by atoms with Gasteiger partial charge in [-0.15, -0.1) is 16.9 Å². The summed E-state index contributed by atoms with van der Waals surface area (Å²) in [6, 6.07) is 8.02. The van der Waals surface area contributed by atoms with Crippen LogP contribution < -0.4 is 10.6 Å². The Labute approximate surface area is 120 Å². The molecular formula is C13H15N5OS. The average molecular weight is 289 g/mol. The Hall–Kier alpha value is -1.86. The number of nitrogens with one attached hydrogen (secondary N) is 2. The van der Waals surface area contributed by atoms with E-state index >= 15 is 0 Å². The minimum atomic E-state index is -0.234. The van der Waals surface area contributed by atoms with Crippen LogP contribution in [0.3, 0.4) is 0 Å². The van der Waals surface area contributed by atoms with Crippen molar-refractivity contribution in [2.75, 3.05) is 24.7 Å². The van der Waals surface area contributed by atoms with Crippen LogP contribution in [-0.4, -0.2) is 40.2 Å². The number of hydrogen-bond acceptors (Lipinski definition) is 5.